The van der Waals surface area contributed by atoms with Crippen LogP contribution in [0.4, 0.5) is 0 Å². The Hall–Kier alpha value is -3.15. The number of aliphatic hydroxyl groups is 1. The standard InChI is InChI=1S/C21H22N2O4/c1-21(2,3)19(26)16-17(13-7-6-9-15(24)11-13)23(20(27)18(16)25)12-14-8-4-5-10-22-14/h4-11,17,24-25H,12H2,1-3H3. The van der Waals surface area contributed by atoms with Crippen molar-refractivity contribution in [2.75, 3.05) is 0 Å². The van der Waals surface area contributed by atoms with Gasteiger partial charge in [-0.2, -0.15) is 0 Å². The van der Waals surface area contributed by atoms with Crippen LogP contribution in [0.15, 0.2) is 60.0 Å². The second-order valence-corrected chi connectivity index (χ2v) is 7.59. The summed E-state index contributed by atoms with van der Waals surface area (Å²) >= 11 is 0. The van der Waals surface area contributed by atoms with E-state index in [1.165, 1.54) is 17.0 Å². The lowest BCUT2D eigenvalue weighted by Gasteiger charge is -2.28. The van der Waals surface area contributed by atoms with E-state index in [-0.39, 0.29) is 23.7 Å². The average molecular weight is 366 g/mol. The van der Waals surface area contributed by atoms with Crippen LogP contribution in [-0.2, 0) is 16.1 Å². The van der Waals surface area contributed by atoms with Gasteiger partial charge in [0.2, 0.25) is 0 Å². The van der Waals surface area contributed by atoms with Crippen LogP contribution < -0.4 is 0 Å². The number of amides is 1. The van der Waals surface area contributed by atoms with Crippen LogP contribution in [0.1, 0.15) is 38.1 Å². The molecular weight excluding hydrogens is 344 g/mol. The number of carbonyl (C=O) groups is 2. The Bertz CT molecular complexity index is 913. The van der Waals surface area contributed by atoms with Crippen molar-refractivity contribution in [3.05, 3.63) is 71.3 Å². The summed E-state index contributed by atoms with van der Waals surface area (Å²) in [5, 5.41) is 20.4. The largest absolute Gasteiger partial charge is 0.508 e. The monoisotopic (exact) mass is 366 g/mol. The minimum absolute atomic E-state index is 0.0201. The molecule has 0 saturated heterocycles. The van der Waals surface area contributed by atoms with Crippen molar-refractivity contribution in [3.8, 4) is 5.75 Å². The number of aliphatic hydroxyl groups excluding tert-OH is 1. The van der Waals surface area contributed by atoms with Crippen LogP contribution in [0.3, 0.4) is 0 Å². The number of hydrogen-bond acceptors (Lipinski definition) is 5. The minimum Gasteiger partial charge on any atom is -0.508 e. The van der Waals surface area contributed by atoms with Crippen molar-refractivity contribution in [3.63, 3.8) is 0 Å². The molecular formula is C21H22N2O4. The molecule has 1 aliphatic rings. The molecule has 2 N–H and O–H groups in total. The Morgan fingerprint density at radius 3 is 2.48 bits per heavy atom. The van der Waals surface area contributed by atoms with E-state index < -0.39 is 23.1 Å². The van der Waals surface area contributed by atoms with E-state index in [0.717, 1.165) is 0 Å². The molecule has 2 aromatic rings. The number of aromatic nitrogens is 1. The van der Waals surface area contributed by atoms with Gasteiger partial charge in [0.25, 0.3) is 5.91 Å². The zero-order chi connectivity index (χ0) is 19.8. The van der Waals surface area contributed by atoms with Crippen LogP contribution in [0.2, 0.25) is 0 Å². The van der Waals surface area contributed by atoms with E-state index in [1.54, 1.807) is 57.3 Å². The predicted octanol–water partition coefficient (Wildman–Crippen LogP) is 3.30. The van der Waals surface area contributed by atoms with E-state index in [2.05, 4.69) is 4.98 Å². The first kappa shape index (κ1) is 18.6. The topological polar surface area (TPSA) is 90.7 Å². The number of hydrogen-bond donors (Lipinski definition) is 2. The fourth-order valence-corrected chi connectivity index (χ4v) is 3.16. The summed E-state index contributed by atoms with van der Waals surface area (Å²) in [7, 11) is 0. The molecule has 3 rings (SSSR count). The third-order valence-corrected chi connectivity index (χ3v) is 4.47. The van der Waals surface area contributed by atoms with Gasteiger partial charge in [0.1, 0.15) is 5.75 Å². The van der Waals surface area contributed by atoms with Gasteiger partial charge in [0, 0.05) is 11.6 Å². The Balaban J connectivity index is 2.11. The van der Waals surface area contributed by atoms with Crippen LogP contribution in [-0.4, -0.2) is 31.8 Å². The van der Waals surface area contributed by atoms with E-state index in [1.807, 2.05) is 0 Å². The summed E-state index contributed by atoms with van der Waals surface area (Å²) in [5.41, 5.74) is 0.456. The summed E-state index contributed by atoms with van der Waals surface area (Å²) in [6.45, 7) is 5.34. The molecule has 1 aromatic carbocycles. The zero-order valence-corrected chi connectivity index (χ0v) is 15.5. The third-order valence-electron chi connectivity index (χ3n) is 4.47. The lowest BCUT2D eigenvalue weighted by molar-refractivity contribution is -0.130. The molecule has 1 aliphatic heterocycles. The summed E-state index contributed by atoms with van der Waals surface area (Å²) < 4.78 is 0. The summed E-state index contributed by atoms with van der Waals surface area (Å²) in [5.74, 6) is -1.46. The molecule has 2 heterocycles. The molecule has 1 amide bonds. The number of Topliss-reactive ketones (excluding diaryl/α,β-unsaturated/α-hetero) is 1. The summed E-state index contributed by atoms with van der Waals surface area (Å²) in [6, 6.07) is 10.9. The number of nitrogens with zero attached hydrogens (tertiary/aromatic N) is 2. The van der Waals surface area contributed by atoms with Crippen molar-refractivity contribution in [1.82, 2.24) is 9.88 Å². The number of ketones is 1. The van der Waals surface area contributed by atoms with Gasteiger partial charge in [0.15, 0.2) is 11.5 Å². The summed E-state index contributed by atoms with van der Waals surface area (Å²) in [4.78, 5) is 31.5. The smallest absolute Gasteiger partial charge is 0.290 e. The van der Waals surface area contributed by atoms with Gasteiger partial charge in [-0.1, -0.05) is 39.0 Å². The van der Waals surface area contributed by atoms with Gasteiger partial charge in [0.05, 0.1) is 23.9 Å². The fourth-order valence-electron chi connectivity index (χ4n) is 3.16. The minimum atomic E-state index is -0.793. The van der Waals surface area contributed by atoms with Crippen molar-refractivity contribution in [1.29, 1.82) is 0 Å². The first-order valence-corrected chi connectivity index (χ1v) is 8.68. The van der Waals surface area contributed by atoms with Crippen molar-refractivity contribution in [2.45, 2.75) is 33.4 Å². The second kappa shape index (κ2) is 6.87. The highest BCUT2D eigenvalue weighted by Crippen LogP contribution is 2.42. The Kier molecular flexibility index (Phi) is 4.74. The maximum atomic E-state index is 13.0. The molecule has 1 unspecified atom stereocenters. The number of rotatable bonds is 4. The van der Waals surface area contributed by atoms with Gasteiger partial charge in [-0.3, -0.25) is 14.6 Å². The number of phenols is 1. The number of benzene rings is 1. The predicted molar refractivity (Wildman–Crippen MR) is 99.8 cm³/mol. The quantitative estimate of drug-likeness (QED) is 0.866. The second-order valence-electron chi connectivity index (χ2n) is 7.59. The highest BCUT2D eigenvalue weighted by Gasteiger charge is 2.46. The molecule has 0 radical (unpaired) electrons. The normalized spacial score (nSPS) is 17.5. The number of aromatic hydroxyl groups is 1. The number of phenolic OH excluding ortho intramolecular Hbond substituents is 1. The molecule has 0 bridgehead atoms. The molecule has 1 atom stereocenters. The molecule has 0 saturated carbocycles. The Morgan fingerprint density at radius 1 is 1.15 bits per heavy atom. The van der Waals surface area contributed by atoms with E-state index in [4.69, 9.17) is 0 Å². The first-order chi connectivity index (χ1) is 12.7. The maximum Gasteiger partial charge on any atom is 0.290 e. The van der Waals surface area contributed by atoms with Gasteiger partial charge in [-0.25, -0.2) is 0 Å². The molecule has 0 spiro atoms. The molecule has 6 nitrogen and oxygen atoms in total. The Labute approximate surface area is 157 Å². The highest BCUT2D eigenvalue weighted by molar-refractivity contribution is 6.10. The van der Waals surface area contributed by atoms with E-state index >= 15 is 0 Å². The maximum absolute atomic E-state index is 13.0. The van der Waals surface area contributed by atoms with Crippen LogP contribution in [0.25, 0.3) is 0 Å². The molecule has 1 aromatic heterocycles. The molecule has 6 heteroatoms. The Morgan fingerprint density at radius 2 is 1.89 bits per heavy atom. The fraction of sp³-hybridized carbons (Fsp3) is 0.286. The third kappa shape index (κ3) is 3.56. The van der Waals surface area contributed by atoms with E-state index in [0.29, 0.717) is 11.3 Å². The van der Waals surface area contributed by atoms with Crippen molar-refractivity contribution < 1.29 is 19.8 Å². The molecule has 0 aliphatic carbocycles. The molecule has 27 heavy (non-hydrogen) atoms. The van der Waals surface area contributed by atoms with Crippen LogP contribution >= 0.6 is 0 Å². The van der Waals surface area contributed by atoms with Gasteiger partial charge in [-0.15, -0.1) is 0 Å². The van der Waals surface area contributed by atoms with Crippen molar-refractivity contribution in [2.24, 2.45) is 5.41 Å². The zero-order valence-electron chi connectivity index (χ0n) is 15.5. The van der Waals surface area contributed by atoms with Gasteiger partial charge in [-0.05, 0) is 29.8 Å². The van der Waals surface area contributed by atoms with Crippen molar-refractivity contribution >= 4 is 11.7 Å². The lowest BCUT2D eigenvalue weighted by atomic mass is 9.82. The van der Waals surface area contributed by atoms with Crippen LogP contribution in [0.5, 0.6) is 5.75 Å². The average Bonchev–Trinajstić information content (AvgIpc) is 2.86. The van der Waals surface area contributed by atoms with Gasteiger partial charge < -0.3 is 15.1 Å². The SMILES string of the molecule is CC(C)(C)C(=O)C1=C(O)C(=O)N(Cc2ccccn2)C1c1cccc(O)c1. The molecule has 0 fully saturated rings. The first-order valence-electron chi connectivity index (χ1n) is 8.68. The lowest BCUT2D eigenvalue weighted by Crippen LogP contribution is -2.32. The van der Waals surface area contributed by atoms with Gasteiger partial charge >= 0.3 is 0 Å². The molecule has 140 valence electrons. The number of pyridine rings is 1. The summed E-state index contributed by atoms with van der Waals surface area (Å²) in [6.07, 6.45) is 1.62. The number of carbonyl (C=O) groups excluding carboxylic acids is 2. The van der Waals surface area contributed by atoms with Crippen LogP contribution in [0, 0.1) is 5.41 Å². The van der Waals surface area contributed by atoms with E-state index in [9.17, 15) is 19.8 Å². The highest BCUT2D eigenvalue weighted by atomic mass is 16.3.